The number of nitrogen functional groups attached to an aromatic ring is 1. The average molecular weight is 273 g/mol. The minimum absolute atomic E-state index is 0.101. The van der Waals surface area contributed by atoms with Crippen molar-refractivity contribution < 1.29 is 18.2 Å². The van der Waals surface area contributed by atoms with E-state index in [1.165, 1.54) is 12.1 Å². The first-order chi connectivity index (χ1) is 8.38. The van der Waals surface area contributed by atoms with Gasteiger partial charge in [-0.05, 0) is 18.2 Å². The maximum atomic E-state index is 13.3. The van der Waals surface area contributed by atoms with E-state index >= 15 is 0 Å². The van der Waals surface area contributed by atoms with E-state index in [0.29, 0.717) is 0 Å². The van der Waals surface area contributed by atoms with Crippen molar-refractivity contribution in [3.05, 3.63) is 24.0 Å². The molecule has 0 aliphatic carbocycles. The van der Waals surface area contributed by atoms with Crippen LogP contribution in [0.4, 0.5) is 15.8 Å². The Kier molecular flexibility index (Phi) is 4.78. The van der Waals surface area contributed by atoms with Gasteiger partial charge in [0.25, 0.3) is 0 Å². The van der Waals surface area contributed by atoms with Gasteiger partial charge in [-0.3, -0.25) is 13.8 Å². The van der Waals surface area contributed by atoms with Crippen LogP contribution in [0.25, 0.3) is 0 Å². The lowest BCUT2D eigenvalue weighted by molar-refractivity contribution is -0.115. The summed E-state index contributed by atoms with van der Waals surface area (Å²) in [5.41, 5.74) is 10.4. The van der Waals surface area contributed by atoms with Gasteiger partial charge in [0.15, 0.2) is 0 Å². The summed E-state index contributed by atoms with van der Waals surface area (Å²) < 4.78 is 24.5. The van der Waals surface area contributed by atoms with Crippen molar-refractivity contribution in [3.8, 4) is 0 Å². The van der Waals surface area contributed by atoms with Gasteiger partial charge in [-0.2, -0.15) is 0 Å². The largest absolute Gasteiger partial charge is 0.399 e. The highest BCUT2D eigenvalue weighted by Gasteiger charge is 2.12. The summed E-state index contributed by atoms with van der Waals surface area (Å²) in [7, 11) is -1.71. The van der Waals surface area contributed by atoms with E-state index in [2.05, 4.69) is 5.32 Å². The molecule has 0 aliphatic heterocycles. The summed E-state index contributed by atoms with van der Waals surface area (Å²) >= 11 is 0. The Labute approximate surface area is 105 Å². The second-order valence-electron chi connectivity index (χ2n) is 3.48. The summed E-state index contributed by atoms with van der Waals surface area (Å²) in [4.78, 5) is 21.9. The molecule has 0 saturated heterocycles. The van der Waals surface area contributed by atoms with Crippen LogP contribution in [0, 0.1) is 5.82 Å². The Morgan fingerprint density at radius 1 is 1.33 bits per heavy atom. The van der Waals surface area contributed by atoms with E-state index in [-0.39, 0.29) is 11.4 Å². The topological polar surface area (TPSA) is 115 Å². The van der Waals surface area contributed by atoms with Gasteiger partial charge >= 0.3 is 0 Å². The number of anilines is 2. The Balaban J connectivity index is 2.62. The van der Waals surface area contributed by atoms with Crippen molar-refractivity contribution in [1.29, 1.82) is 0 Å². The number of halogens is 1. The molecular weight excluding hydrogens is 261 g/mol. The van der Waals surface area contributed by atoms with Gasteiger partial charge in [-0.15, -0.1) is 0 Å². The molecule has 1 atom stereocenters. The molecule has 0 aromatic heterocycles. The van der Waals surface area contributed by atoms with Crippen LogP contribution < -0.4 is 16.8 Å². The third kappa shape index (κ3) is 4.50. The predicted octanol–water partition coefficient (Wildman–Crippen LogP) is -0.420. The number of amides is 2. The quantitative estimate of drug-likeness (QED) is 0.632. The number of carbonyl (C=O) groups excluding carboxylic acids is 2. The molecule has 2 amide bonds. The van der Waals surface area contributed by atoms with Crippen molar-refractivity contribution in [2.45, 2.75) is 0 Å². The molecule has 0 heterocycles. The van der Waals surface area contributed by atoms with Gasteiger partial charge in [-0.1, -0.05) is 0 Å². The van der Waals surface area contributed by atoms with E-state index in [0.717, 1.165) is 6.07 Å². The monoisotopic (exact) mass is 273 g/mol. The minimum Gasteiger partial charge on any atom is -0.399 e. The number of benzene rings is 1. The highest BCUT2D eigenvalue weighted by molar-refractivity contribution is 7.86. The average Bonchev–Trinajstić information content (AvgIpc) is 2.21. The first kappa shape index (κ1) is 14.1. The lowest BCUT2D eigenvalue weighted by Gasteiger charge is -2.06. The molecule has 8 heteroatoms. The number of nitrogens with two attached hydrogens (primary N) is 2. The number of carbonyl (C=O) groups is 2. The molecule has 0 bridgehead atoms. The Bertz CT molecular complexity index is 507. The Hall–Kier alpha value is -1.96. The number of hydrogen-bond donors (Lipinski definition) is 3. The lowest BCUT2D eigenvalue weighted by atomic mass is 10.2. The first-order valence-electron chi connectivity index (χ1n) is 4.86. The van der Waals surface area contributed by atoms with Gasteiger partial charge < -0.3 is 16.8 Å². The van der Waals surface area contributed by atoms with E-state index in [9.17, 15) is 18.2 Å². The summed E-state index contributed by atoms with van der Waals surface area (Å²) in [5, 5.41) is 2.22. The highest BCUT2D eigenvalue weighted by Crippen LogP contribution is 2.17. The molecule has 18 heavy (non-hydrogen) atoms. The van der Waals surface area contributed by atoms with Crippen molar-refractivity contribution in [3.63, 3.8) is 0 Å². The number of nitrogens with one attached hydrogen (secondary N) is 1. The summed E-state index contributed by atoms with van der Waals surface area (Å²) in [6.45, 7) is 0. The van der Waals surface area contributed by atoms with Crippen molar-refractivity contribution in [2.75, 3.05) is 22.6 Å². The molecule has 6 nitrogen and oxygen atoms in total. The second-order valence-corrected chi connectivity index (χ2v) is 4.94. The van der Waals surface area contributed by atoms with Crippen molar-refractivity contribution in [2.24, 2.45) is 5.73 Å². The van der Waals surface area contributed by atoms with E-state index in [1.54, 1.807) is 0 Å². The predicted molar refractivity (Wildman–Crippen MR) is 66.5 cm³/mol. The third-order valence-electron chi connectivity index (χ3n) is 1.86. The lowest BCUT2D eigenvalue weighted by Crippen LogP contribution is -2.26. The zero-order valence-corrected chi connectivity index (χ0v) is 10.1. The van der Waals surface area contributed by atoms with E-state index < -0.39 is 39.9 Å². The van der Waals surface area contributed by atoms with Gasteiger partial charge in [-0.25, -0.2) is 4.39 Å². The SMILES string of the molecule is NC(=O)CS(=O)CC(=O)Nc1cc(N)ccc1F. The summed E-state index contributed by atoms with van der Waals surface area (Å²) in [6, 6.07) is 3.69. The molecule has 0 aliphatic rings. The molecule has 1 aromatic carbocycles. The molecular formula is C10H12FN3O3S. The van der Waals surface area contributed by atoms with Crippen LogP contribution in [0.1, 0.15) is 0 Å². The number of hydrogen-bond acceptors (Lipinski definition) is 4. The van der Waals surface area contributed by atoms with Crippen LogP contribution >= 0.6 is 0 Å². The third-order valence-corrected chi connectivity index (χ3v) is 3.05. The van der Waals surface area contributed by atoms with E-state index in [4.69, 9.17) is 11.5 Å². The van der Waals surface area contributed by atoms with Crippen LogP contribution in [-0.4, -0.2) is 27.5 Å². The molecule has 1 unspecified atom stereocenters. The second kappa shape index (κ2) is 6.10. The van der Waals surface area contributed by atoms with Gasteiger partial charge in [0.05, 0.1) is 5.69 Å². The van der Waals surface area contributed by atoms with Crippen molar-refractivity contribution in [1.82, 2.24) is 0 Å². The van der Waals surface area contributed by atoms with Gasteiger partial charge in [0.1, 0.15) is 17.3 Å². The van der Waals surface area contributed by atoms with Crippen molar-refractivity contribution >= 4 is 34.0 Å². The molecule has 98 valence electrons. The fourth-order valence-electron chi connectivity index (χ4n) is 1.18. The standard InChI is InChI=1S/C10H12FN3O3S/c11-7-2-1-6(12)3-8(7)14-10(16)5-18(17)4-9(13)15/h1-3H,4-5,12H2,(H2,13,15)(H,14,16). The van der Waals surface area contributed by atoms with Gasteiger partial charge in [0.2, 0.25) is 11.8 Å². The van der Waals surface area contributed by atoms with Crippen LogP contribution in [0.15, 0.2) is 18.2 Å². The fraction of sp³-hybridized carbons (Fsp3) is 0.200. The van der Waals surface area contributed by atoms with Crippen LogP contribution in [0.5, 0.6) is 0 Å². The first-order valence-corrected chi connectivity index (χ1v) is 6.35. The van der Waals surface area contributed by atoms with Crippen LogP contribution in [-0.2, 0) is 20.4 Å². The fourth-order valence-corrected chi connectivity index (χ4v) is 1.96. The zero-order valence-electron chi connectivity index (χ0n) is 9.31. The molecule has 5 N–H and O–H groups in total. The minimum atomic E-state index is -1.71. The molecule has 0 radical (unpaired) electrons. The van der Waals surface area contributed by atoms with Crippen LogP contribution in [0.2, 0.25) is 0 Å². The normalized spacial score (nSPS) is 11.8. The van der Waals surface area contributed by atoms with E-state index in [1.807, 2.05) is 0 Å². The number of primary amides is 1. The smallest absolute Gasteiger partial charge is 0.237 e. The summed E-state index contributed by atoms with van der Waals surface area (Å²) in [6.07, 6.45) is 0. The maximum Gasteiger partial charge on any atom is 0.237 e. The number of rotatable bonds is 5. The highest BCUT2D eigenvalue weighted by atomic mass is 32.2. The molecule has 0 spiro atoms. The van der Waals surface area contributed by atoms with Crippen LogP contribution in [0.3, 0.4) is 0 Å². The van der Waals surface area contributed by atoms with Gasteiger partial charge in [0, 0.05) is 16.5 Å². The molecule has 1 rings (SSSR count). The Morgan fingerprint density at radius 3 is 2.61 bits per heavy atom. The molecule has 1 aromatic rings. The summed E-state index contributed by atoms with van der Waals surface area (Å²) in [5.74, 6) is -2.95. The molecule has 0 saturated carbocycles. The maximum absolute atomic E-state index is 13.3. The molecule has 0 fully saturated rings. The Morgan fingerprint density at radius 2 is 2.00 bits per heavy atom. The zero-order chi connectivity index (χ0) is 13.7.